The van der Waals surface area contributed by atoms with Crippen LogP contribution in [0.3, 0.4) is 0 Å². The second kappa shape index (κ2) is 4.89. The van der Waals surface area contributed by atoms with Gasteiger partial charge in [-0.05, 0) is 52.4 Å². The lowest BCUT2D eigenvalue weighted by molar-refractivity contribution is -0.153. The molecule has 2 aliphatic carbocycles. The van der Waals surface area contributed by atoms with Gasteiger partial charge < -0.3 is 10.1 Å². The molecule has 2 unspecified atom stereocenters. The summed E-state index contributed by atoms with van der Waals surface area (Å²) in [4.78, 5) is 0. The highest BCUT2D eigenvalue weighted by molar-refractivity contribution is 4.94. The number of ether oxygens (including phenoxy) is 1. The lowest BCUT2D eigenvalue weighted by Crippen LogP contribution is -2.50. The Kier molecular flexibility index (Phi) is 3.84. The van der Waals surface area contributed by atoms with Crippen LogP contribution >= 0.6 is 0 Å². The van der Waals surface area contributed by atoms with E-state index >= 15 is 0 Å². The molecule has 2 heteroatoms. The van der Waals surface area contributed by atoms with E-state index in [9.17, 15) is 0 Å². The zero-order valence-electron chi connectivity index (χ0n) is 12.0. The van der Waals surface area contributed by atoms with Crippen LogP contribution in [-0.4, -0.2) is 23.8 Å². The van der Waals surface area contributed by atoms with Crippen molar-refractivity contribution in [2.45, 2.75) is 83.5 Å². The third kappa shape index (κ3) is 4.26. The largest absolute Gasteiger partial charge is 0.368 e. The van der Waals surface area contributed by atoms with Crippen LogP contribution in [-0.2, 0) is 4.74 Å². The van der Waals surface area contributed by atoms with Gasteiger partial charge in [0, 0.05) is 12.6 Å². The Morgan fingerprint density at radius 1 is 1.24 bits per heavy atom. The molecule has 17 heavy (non-hydrogen) atoms. The summed E-state index contributed by atoms with van der Waals surface area (Å²) in [5.41, 5.74) is 0.0702. The highest BCUT2D eigenvalue weighted by Gasteiger charge is 2.40. The van der Waals surface area contributed by atoms with Crippen molar-refractivity contribution in [2.75, 3.05) is 6.54 Å². The molecule has 2 saturated carbocycles. The van der Waals surface area contributed by atoms with Crippen LogP contribution in [0.2, 0.25) is 0 Å². The third-order valence-electron chi connectivity index (χ3n) is 3.86. The molecule has 0 heterocycles. The minimum absolute atomic E-state index is 0.0255. The molecule has 0 aromatic rings. The molecule has 0 radical (unpaired) electrons. The van der Waals surface area contributed by atoms with Gasteiger partial charge in [-0.2, -0.15) is 0 Å². The Bertz CT molecular complexity index is 254. The number of nitrogens with one attached hydrogen (secondary N) is 1. The van der Waals surface area contributed by atoms with Gasteiger partial charge in [0.1, 0.15) is 0 Å². The summed E-state index contributed by atoms with van der Waals surface area (Å²) in [6.45, 7) is 9.98. The van der Waals surface area contributed by atoms with Gasteiger partial charge in [-0.1, -0.05) is 19.8 Å². The first-order valence-corrected chi connectivity index (χ1v) is 7.32. The molecule has 2 aliphatic rings. The number of hydrogen-bond donors (Lipinski definition) is 1. The van der Waals surface area contributed by atoms with E-state index in [1.54, 1.807) is 0 Å². The first kappa shape index (κ1) is 13.4. The maximum atomic E-state index is 6.45. The van der Waals surface area contributed by atoms with E-state index in [-0.39, 0.29) is 11.2 Å². The van der Waals surface area contributed by atoms with Crippen LogP contribution in [0, 0.1) is 5.92 Å². The minimum atomic E-state index is -0.0255. The van der Waals surface area contributed by atoms with E-state index in [2.05, 4.69) is 33.0 Å². The zero-order valence-corrected chi connectivity index (χ0v) is 12.0. The highest BCUT2D eigenvalue weighted by atomic mass is 16.5. The molecule has 2 atom stereocenters. The van der Waals surface area contributed by atoms with Gasteiger partial charge >= 0.3 is 0 Å². The molecule has 100 valence electrons. The Hall–Kier alpha value is -0.0800. The maximum absolute atomic E-state index is 6.45. The molecule has 0 aromatic heterocycles. The van der Waals surface area contributed by atoms with Gasteiger partial charge in [0.15, 0.2) is 0 Å². The van der Waals surface area contributed by atoms with Crippen LogP contribution in [0.15, 0.2) is 0 Å². The van der Waals surface area contributed by atoms with Gasteiger partial charge in [-0.3, -0.25) is 0 Å². The normalized spacial score (nSPS) is 34.9. The average molecular weight is 239 g/mol. The molecule has 0 aliphatic heterocycles. The lowest BCUT2D eigenvalue weighted by Gasteiger charge is -2.44. The first-order chi connectivity index (χ1) is 7.89. The number of hydrogen-bond acceptors (Lipinski definition) is 2. The minimum Gasteiger partial charge on any atom is -0.368 e. The van der Waals surface area contributed by atoms with Crippen molar-refractivity contribution >= 4 is 0 Å². The predicted octanol–water partition coefficient (Wildman–Crippen LogP) is 3.50. The summed E-state index contributed by atoms with van der Waals surface area (Å²) in [7, 11) is 0. The Morgan fingerprint density at radius 3 is 2.47 bits per heavy atom. The summed E-state index contributed by atoms with van der Waals surface area (Å²) >= 11 is 0. The van der Waals surface area contributed by atoms with Crippen molar-refractivity contribution in [1.82, 2.24) is 5.32 Å². The highest BCUT2D eigenvalue weighted by Crippen LogP contribution is 2.38. The average Bonchev–Trinajstić information content (AvgIpc) is 2.95. The SMILES string of the molecule is CC1CCCC(CNC2CC2)(OC(C)(C)C)C1. The van der Waals surface area contributed by atoms with Gasteiger partial charge in [-0.15, -0.1) is 0 Å². The molecule has 2 nitrogen and oxygen atoms in total. The molecular weight excluding hydrogens is 210 g/mol. The standard InChI is InChI=1S/C15H29NO/c1-12-6-5-9-15(10-12,17-14(2,3)4)11-16-13-7-8-13/h12-13,16H,5-11H2,1-4H3. The smallest absolute Gasteiger partial charge is 0.0816 e. The molecule has 0 aromatic carbocycles. The fourth-order valence-corrected chi connectivity index (χ4v) is 3.17. The Labute approximate surface area is 107 Å². The Balaban J connectivity index is 1.97. The van der Waals surface area contributed by atoms with Crippen LogP contribution in [0.5, 0.6) is 0 Å². The van der Waals surface area contributed by atoms with Crippen LogP contribution in [0.1, 0.15) is 66.2 Å². The van der Waals surface area contributed by atoms with Crippen molar-refractivity contribution in [3.05, 3.63) is 0 Å². The fraction of sp³-hybridized carbons (Fsp3) is 1.00. The van der Waals surface area contributed by atoms with Gasteiger partial charge in [0.05, 0.1) is 11.2 Å². The lowest BCUT2D eigenvalue weighted by atomic mass is 9.78. The molecule has 0 saturated heterocycles. The molecule has 0 spiro atoms. The topological polar surface area (TPSA) is 21.3 Å². The second-order valence-electron chi connectivity index (χ2n) is 7.25. The summed E-state index contributed by atoms with van der Waals surface area (Å²) in [6.07, 6.45) is 7.88. The molecule has 2 rings (SSSR count). The van der Waals surface area contributed by atoms with Crippen LogP contribution in [0.25, 0.3) is 0 Å². The molecule has 2 fully saturated rings. The molecule has 0 bridgehead atoms. The summed E-state index contributed by atoms with van der Waals surface area (Å²) in [6, 6.07) is 0.785. The van der Waals surface area contributed by atoms with E-state index in [4.69, 9.17) is 4.74 Å². The Morgan fingerprint density at radius 2 is 1.94 bits per heavy atom. The van der Waals surface area contributed by atoms with Crippen molar-refractivity contribution in [3.8, 4) is 0 Å². The van der Waals surface area contributed by atoms with Crippen molar-refractivity contribution < 1.29 is 4.74 Å². The summed E-state index contributed by atoms with van der Waals surface area (Å²) < 4.78 is 6.45. The first-order valence-electron chi connectivity index (χ1n) is 7.32. The zero-order chi connectivity index (χ0) is 12.5. The molecule has 1 N–H and O–H groups in total. The van der Waals surface area contributed by atoms with Crippen molar-refractivity contribution in [2.24, 2.45) is 5.92 Å². The summed E-state index contributed by atoms with van der Waals surface area (Å²) in [5, 5.41) is 3.69. The van der Waals surface area contributed by atoms with E-state index in [0.29, 0.717) is 0 Å². The summed E-state index contributed by atoms with van der Waals surface area (Å²) in [5.74, 6) is 0.812. The van der Waals surface area contributed by atoms with Gasteiger partial charge in [0.25, 0.3) is 0 Å². The monoisotopic (exact) mass is 239 g/mol. The van der Waals surface area contributed by atoms with E-state index < -0.39 is 0 Å². The predicted molar refractivity (Wildman–Crippen MR) is 72.2 cm³/mol. The molecular formula is C15H29NO. The quantitative estimate of drug-likeness (QED) is 0.810. The molecule has 0 amide bonds. The third-order valence-corrected chi connectivity index (χ3v) is 3.86. The number of rotatable bonds is 4. The van der Waals surface area contributed by atoms with Crippen LogP contribution in [0.4, 0.5) is 0 Å². The van der Waals surface area contributed by atoms with Crippen molar-refractivity contribution in [1.29, 1.82) is 0 Å². The van der Waals surface area contributed by atoms with Gasteiger partial charge in [-0.25, -0.2) is 0 Å². The van der Waals surface area contributed by atoms with E-state index in [0.717, 1.165) is 18.5 Å². The van der Waals surface area contributed by atoms with E-state index in [1.165, 1.54) is 38.5 Å². The second-order valence-corrected chi connectivity index (χ2v) is 7.25. The van der Waals surface area contributed by atoms with Gasteiger partial charge in [0.2, 0.25) is 0 Å². The van der Waals surface area contributed by atoms with Crippen LogP contribution < -0.4 is 5.32 Å². The van der Waals surface area contributed by atoms with E-state index in [1.807, 2.05) is 0 Å². The fourth-order valence-electron chi connectivity index (χ4n) is 3.17. The maximum Gasteiger partial charge on any atom is 0.0816 e. The van der Waals surface area contributed by atoms with Crippen molar-refractivity contribution in [3.63, 3.8) is 0 Å².